The monoisotopic (exact) mass is 657 g/mol. The Bertz CT molecular complexity index is 3070. The number of hydrogen-bond donors (Lipinski definition) is 1. The summed E-state index contributed by atoms with van der Waals surface area (Å²) in [6, 6.07) is 51.7. The zero-order valence-electron chi connectivity index (χ0n) is 27.1. The standard InChI is InChI=1S/C45H27N3O3/c1-2-9-26(10-3-1)43-46-44(29-19-22-39-34(25-29)31-12-5-7-15-37(31)50-39)48-45(47-43)32-13-8-16-41-42(32)35-24-28(18-21-40(35)51-41)27-17-20-38-33(23-27)30-11-4-6-14-36(30)49-38/h1-25,44H,(H,46,47,48). The van der Waals surface area contributed by atoms with E-state index < -0.39 is 0 Å². The van der Waals surface area contributed by atoms with E-state index in [2.05, 4.69) is 84.2 Å². The predicted molar refractivity (Wildman–Crippen MR) is 206 cm³/mol. The minimum Gasteiger partial charge on any atom is -0.456 e. The lowest BCUT2D eigenvalue weighted by Gasteiger charge is -2.24. The van der Waals surface area contributed by atoms with E-state index in [-0.39, 0.29) is 6.17 Å². The van der Waals surface area contributed by atoms with Crippen LogP contribution < -0.4 is 5.32 Å². The summed E-state index contributed by atoms with van der Waals surface area (Å²) in [7, 11) is 0. The Morgan fingerprint density at radius 3 is 1.75 bits per heavy atom. The van der Waals surface area contributed by atoms with Crippen LogP contribution in [0.2, 0.25) is 0 Å². The summed E-state index contributed by atoms with van der Waals surface area (Å²) in [5.74, 6) is 1.40. The van der Waals surface area contributed by atoms with E-state index in [0.717, 1.165) is 99.5 Å². The van der Waals surface area contributed by atoms with Crippen LogP contribution >= 0.6 is 0 Å². The minimum absolute atomic E-state index is 0.383. The number of para-hydroxylation sites is 2. The van der Waals surface area contributed by atoms with Crippen LogP contribution in [0.25, 0.3) is 76.9 Å². The van der Waals surface area contributed by atoms with Gasteiger partial charge in [0.1, 0.15) is 45.5 Å². The molecule has 1 atom stereocenters. The van der Waals surface area contributed by atoms with Gasteiger partial charge in [-0.05, 0) is 71.3 Å². The van der Waals surface area contributed by atoms with Crippen molar-refractivity contribution >= 4 is 77.5 Å². The zero-order valence-corrected chi connectivity index (χ0v) is 27.1. The average molecular weight is 658 g/mol. The molecule has 1 unspecified atom stereocenters. The van der Waals surface area contributed by atoms with E-state index in [0.29, 0.717) is 5.84 Å². The van der Waals surface area contributed by atoms with Gasteiger partial charge in [0.25, 0.3) is 0 Å². The summed E-state index contributed by atoms with van der Waals surface area (Å²) in [4.78, 5) is 10.4. The Balaban J connectivity index is 1.08. The zero-order chi connectivity index (χ0) is 33.5. The van der Waals surface area contributed by atoms with Crippen LogP contribution in [0.15, 0.2) is 175 Å². The predicted octanol–water partition coefficient (Wildman–Crippen LogP) is 11.5. The lowest BCUT2D eigenvalue weighted by atomic mass is 9.99. The molecule has 6 heteroatoms. The maximum absolute atomic E-state index is 6.45. The molecule has 240 valence electrons. The number of aliphatic imine (C=N–C) groups is 2. The lowest BCUT2D eigenvalue weighted by Crippen LogP contribution is -2.33. The topological polar surface area (TPSA) is 76.2 Å². The van der Waals surface area contributed by atoms with Gasteiger partial charge in [0, 0.05) is 43.4 Å². The molecule has 0 aliphatic carbocycles. The second-order valence-corrected chi connectivity index (χ2v) is 13.0. The molecule has 0 saturated heterocycles. The Morgan fingerprint density at radius 2 is 1.00 bits per heavy atom. The summed E-state index contributed by atoms with van der Waals surface area (Å²) >= 11 is 0. The van der Waals surface area contributed by atoms with Crippen molar-refractivity contribution in [3.63, 3.8) is 0 Å². The molecule has 1 aliphatic rings. The molecule has 51 heavy (non-hydrogen) atoms. The van der Waals surface area contributed by atoms with Crippen molar-refractivity contribution in [1.29, 1.82) is 0 Å². The quantitative estimate of drug-likeness (QED) is 0.204. The van der Waals surface area contributed by atoms with Crippen molar-refractivity contribution in [3.05, 3.63) is 168 Å². The second kappa shape index (κ2) is 10.8. The smallest absolute Gasteiger partial charge is 0.160 e. The first-order valence-electron chi connectivity index (χ1n) is 17.0. The van der Waals surface area contributed by atoms with Crippen molar-refractivity contribution in [3.8, 4) is 11.1 Å². The van der Waals surface area contributed by atoms with Gasteiger partial charge in [-0.25, -0.2) is 9.98 Å². The molecule has 0 radical (unpaired) electrons. The van der Waals surface area contributed by atoms with Crippen LogP contribution in [0, 0.1) is 0 Å². The molecule has 0 spiro atoms. The van der Waals surface area contributed by atoms with Crippen molar-refractivity contribution in [1.82, 2.24) is 5.32 Å². The molecule has 0 bridgehead atoms. The number of nitrogens with one attached hydrogen (secondary N) is 1. The highest BCUT2D eigenvalue weighted by atomic mass is 16.3. The van der Waals surface area contributed by atoms with Gasteiger partial charge in [-0.3, -0.25) is 0 Å². The Labute approximate surface area is 291 Å². The van der Waals surface area contributed by atoms with Gasteiger partial charge in [-0.1, -0.05) is 97.1 Å². The molecule has 0 amide bonds. The third kappa shape index (κ3) is 4.43. The SMILES string of the molecule is c1ccc(C2=NC(c3cccc4oc5ccc(-c6ccc7oc8ccccc8c7c6)cc5c34)=NC(c3ccc4oc5ccccc5c4c3)N2)cc1. The molecule has 3 aromatic heterocycles. The minimum atomic E-state index is -0.383. The van der Waals surface area contributed by atoms with Gasteiger partial charge in [0.2, 0.25) is 0 Å². The fourth-order valence-corrected chi connectivity index (χ4v) is 7.49. The highest BCUT2D eigenvalue weighted by Gasteiger charge is 2.24. The fourth-order valence-electron chi connectivity index (χ4n) is 7.49. The lowest BCUT2D eigenvalue weighted by molar-refractivity contribution is 0.663. The van der Waals surface area contributed by atoms with Crippen LogP contribution in [0.3, 0.4) is 0 Å². The third-order valence-corrected chi connectivity index (χ3v) is 9.95. The van der Waals surface area contributed by atoms with Crippen LogP contribution in [-0.2, 0) is 0 Å². The van der Waals surface area contributed by atoms with Gasteiger partial charge < -0.3 is 18.6 Å². The fraction of sp³-hybridized carbons (Fsp3) is 0.0222. The van der Waals surface area contributed by atoms with Gasteiger partial charge in [0.05, 0.1) is 0 Å². The maximum Gasteiger partial charge on any atom is 0.160 e. The van der Waals surface area contributed by atoms with Crippen molar-refractivity contribution < 1.29 is 13.3 Å². The highest BCUT2D eigenvalue weighted by molar-refractivity contribution is 6.22. The summed E-state index contributed by atoms with van der Waals surface area (Å²) in [5, 5.41) is 9.96. The highest BCUT2D eigenvalue weighted by Crippen LogP contribution is 2.38. The van der Waals surface area contributed by atoms with Crippen LogP contribution in [0.1, 0.15) is 22.9 Å². The molecule has 1 N–H and O–H groups in total. The van der Waals surface area contributed by atoms with E-state index in [4.69, 9.17) is 23.2 Å². The van der Waals surface area contributed by atoms with E-state index in [1.165, 1.54) is 0 Å². The molecule has 0 saturated carbocycles. The summed E-state index contributed by atoms with van der Waals surface area (Å²) < 4.78 is 18.7. The molecule has 4 heterocycles. The first kappa shape index (κ1) is 28.0. The largest absolute Gasteiger partial charge is 0.456 e. The number of benzene rings is 7. The van der Waals surface area contributed by atoms with Crippen LogP contribution in [0.5, 0.6) is 0 Å². The summed E-state index contributed by atoms with van der Waals surface area (Å²) in [6.07, 6.45) is -0.383. The molecule has 11 rings (SSSR count). The molecular weight excluding hydrogens is 631 g/mol. The molecule has 1 aliphatic heterocycles. The van der Waals surface area contributed by atoms with Crippen molar-refractivity contribution in [2.24, 2.45) is 9.98 Å². The van der Waals surface area contributed by atoms with Crippen molar-refractivity contribution in [2.45, 2.75) is 6.17 Å². The number of fused-ring (bicyclic) bond motifs is 9. The number of furan rings is 3. The van der Waals surface area contributed by atoms with Crippen LogP contribution in [-0.4, -0.2) is 11.7 Å². The number of rotatable bonds is 4. The van der Waals surface area contributed by atoms with E-state index in [1.807, 2.05) is 72.8 Å². The number of amidine groups is 2. The summed E-state index contributed by atoms with van der Waals surface area (Å²) in [5.41, 5.74) is 10.2. The second-order valence-electron chi connectivity index (χ2n) is 13.0. The third-order valence-electron chi connectivity index (χ3n) is 9.95. The Hall–Kier alpha value is -6.92. The average Bonchev–Trinajstić information content (AvgIpc) is 3.88. The van der Waals surface area contributed by atoms with Gasteiger partial charge in [0.15, 0.2) is 5.84 Å². The Morgan fingerprint density at radius 1 is 0.431 bits per heavy atom. The van der Waals surface area contributed by atoms with Gasteiger partial charge in [-0.2, -0.15) is 0 Å². The first-order valence-corrected chi connectivity index (χ1v) is 17.0. The molecule has 7 aromatic carbocycles. The van der Waals surface area contributed by atoms with Gasteiger partial charge in [-0.15, -0.1) is 0 Å². The van der Waals surface area contributed by atoms with E-state index >= 15 is 0 Å². The van der Waals surface area contributed by atoms with Gasteiger partial charge >= 0.3 is 0 Å². The number of nitrogens with zero attached hydrogens (tertiary/aromatic N) is 2. The molecular formula is C45H27N3O3. The van der Waals surface area contributed by atoms with E-state index in [9.17, 15) is 0 Å². The number of hydrogen-bond acceptors (Lipinski definition) is 6. The molecule has 10 aromatic rings. The van der Waals surface area contributed by atoms with Crippen LogP contribution in [0.4, 0.5) is 0 Å². The molecule has 6 nitrogen and oxygen atoms in total. The Kier molecular flexibility index (Phi) is 5.92. The van der Waals surface area contributed by atoms with Crippen molar-refractivity contribution in [2.75, 3.05) is 0 Å². The summed E-state index contributed by atoms with van der Waals surface area (Å²) in [6.45, 7) is 0. The molecule has 0 fully saturated rings. The first-order chi connectivity index (χ1) is 25.2. The normalized spacial score (nSPS) is 14.9. The maximum atomic E-state index is 6.45. The van der Waals surface area contributed by atoms with E-state index in [1.54, 1.807) is 0 Å².